The van der Waals surface area contributed by atoms with E-state index in [1.54, 1.807) is 0 Å². The topological polar surface area (TPSA) is 72.0 Å². The summed E-state index contributed by atoms with van der Waals surface area (Å²) < 4.78 is 6.33. The molecule has 0 aromatic carbocycles. The molecule has 0 aliphatic carbocycles. The molecule has 0 aromatic rings. The predicted molar refractivity (Wildman–Crippen MR) is 80.8 cm³/mol. The Balaban J connectivity index is 1.95. The lowest BCUT2D eigenvalue weighted by molar-refractivity contribution is -0.360. The second-order valence-corrected chi connectivity index (χ2v) is 6.07. The van der Waals surface area contributed by atoms with E-state index in [4.69, 9.17) is 4.74 Å². The van der Waals surface area contributed by atoms with Crippen LogP contribution in [0.5, 0.6) is 0 Å². The summed E-state index contributed by atoms with van der Waals surface area (Å²) in [6, 6.07) is 0. The van der Waals surface area contributed by atoms with Crippen LogP contribution in [-0.2, 0) is 4.74 Å². The Bertz CT molecular complexity index is 326. The fourth-order valence-electron chi connectivity index (χ4n) is 3.88. The molecule has 3 aliphatic rings. The number of nitrogens with one attached hydrogen (secondary N) is 3. The van der Waals surface area contributed by atoms with E-state index in [2.05, 4.69) is 25.8 Å². The largest absolute Gasteiger partial charge is 0.370 e. The molecule has 7 heteroatoms. The molecule has 0 aromatic heterocycles. The van der Waals surface area contributed by atoms with Gasteiger partial charge in [-0.15, -0.1) is 0 Å². The first-order valence-corrected chi connectivity index (χ1v) is 8.26. The van der Waals surface area contributed by atoms with Gasteiger partial charge in [-0.3, -0.25) is 15.1 Å². The van der Waals surface area contributed by atoms with Crippen molar-refractivity contribution in [1.29, 1.82) is 0 Å². The molecule has 0 spiro atoms. The van der Waals surface area contributed by atoms with E-state index < -0.39 is 11.6 Å². The fourth-order valence-corrected chi connectivity index (χ4v) is 3.88. The van der Waals surface area contributed by atoms with Gasteiger partial charge in [0, 0.05) is 58.9 Å². The van der Waals surface area contributed by atoms with Crippen molar-refractivity contribution >= 4 is 0 Å². The normalized spacial score (nSPS) is 35.7. The Morgan fingerprint density at radius 2 is 1.48 bits per heavy atom. The molecule has 3 saturated heterocycles. The fraction of sp³-hybridized carbons (Fsp3) is 1.00. The maximum Gasteiger partial charge on any atom is 0.224 e. The second-order valence-electron chi connectivity index (χ2n) is 6.07. The molecule has 0 amide bonds. The molecular formula is C14H29N5O2. The van der Waals surface area contributed by atoms with Crippen molar-refractivity contribution in [1.82, 2.24) is 25.8 Å². The SMILES string of the molecule is CCC1(O)NCCOC1(N1CCNCC1)N1CCNCC1. The maximum absolute atomic E-state index is 11.3. The third kappa shape index (κ3) is 2.61. The highest BCUT2D eigenvalue weighted by molar-refractivity contribution is 5.02. The van der Waals surface area contributed by atoms with Crippen LogP contribution in [0.4, 0.5) is 0 Å². The minimum atomic E-state index is -1.03. The van der Waals surface area contributed by atoms with Crippen LogP contribution in [0.1, 0.15) is 13.3 Å². The lowest BCUT2D eigenvalue weighted by atomic mass is 9.97. The van der Waals surface area contributed by atoms with E-state index >= 15 is 0 Å². The van der Waals surface area contributed by atoms with Gasteiger partial charge in [-0.25, -0.2) is 0 Å². The van der Waals surface area contributed by atoms with Crippen molar-refractivity contribution in [2.24, 2.45) is 0 Å². The summed E-state index contributed by atoms with van der Waals surface area (Å²) in [7, 11) is 0. The average Bonchev–Trinajstić information content (AvgIpc) is 2.57. The minimum absolute atomic E-state index is 0.626. The lowest BCUT2D eigenvalue weighted by Gasteiger charge is -2.60. The van der Waals surface area contributed by atoms with Crippen LogP contribution in [0, 0.1) is 0 Å². The summed E-state index contributed by atoms with van der Waals surface area (Å²) in [6.45, 7) is 10.7. The molecule has 122 valence electrons. The molecule has 0 saturated carbocycles. The molecule has 7 nitrogen and oxygen atoms in total. The van der Waals surface area contributed by atoms with E-state index in [9.17, 15) is 5.11 Å². The third-order valence-corrected chi connectivity index (χ3v) is 4.96. The van der Waals surface area contributed by atoms with Gasteiger partial charge in [0.1, 0.15) is 0 Å². The molecular weight excluding hydrogens is 270 g/mol. The second kappa shape index (κ2) is 6.45. The Morgan fingerprint density at radius 1 is 0.952 bits per heavy atom. The highest BCUT2D eigenvalue weighted by atomic mass is 16.6. The zero-order valence-corrected chi connectivity index (χ0v) is 13.0. The van der Waals surface area contributed by atoms with Gasteiger partial charge in [-0.1, -0.05) is 6.92 Å². The van der Waals surface area contributed by atoms with Crippen molar-refractivity contribution < 1.29 is 9.84 Å². The van der Waals surface area contributed by atoms with E-state index in [1.165, 1.54) is 0 Å². The number of nitrogens with zero attached hydrogens (tertiary/aromatic N) is 2. The predicted octanol–water partition coefficient (Wildman–Crippen LogP) is -1.83. The van der Waals surface area contributed by atoms with Gasteiger partial charge in [-0.05, 0) is 6.42 Å². The first kappa shape index (κ1) is 15.6. The van der Waals surface area contributed by atoms with Crippen molar-refractivity contribution in [3.8, 4) is 0 Å². The standard InChI is InChI=1S/C14H29N5O2/c1-2-13(20)14(21-12-7-17-13,18-8-3-15-4-9-18)19-10-5-16-6-11-19/h15-17,20H,2-12H2,1H3. The van der Waals surface area contributed by atoms with E-state index in [-0.39, 0.29) is 0 Å². The van der Waals surface area contributed by atoms with E-state index in [1.807, 2.05) is 6.92 Å². The molecule has 0 bridgehead atoms. The molecule has 3 aliphatic heterocycles. The zero-order chi connectivity index (χ0) is 14.8. The molecule has 1 unspecified atom stereocenters. The third-order valence-electron chi connectivity index (χ3n) is 4.96. The Kier molecular flexibility index (Phi) is 4.80. The summed E-state index contributed by atoms with van der Waals surface area (Å²) in [6.07, 6.45) is 0.626. The first-order valence-electron chi connectivity index (χ1n) is 8.26. The summed E-state index contributed by atoms with van der Waals surface area (Å²) in [5.74, 6) is -0.746. The van der Waals surface area contributed by atoms with Crippen molar-refractivity contribution in [2.75, 3.05) is 65.5 Å². The van der Waals surface area contributed by atoms with Crippen LogP contribution in [0.2, 0.25) is 0 Å². The highest BCUT2D eigenvalue weighted by Gasteiger charge is 2.60. The van der Waals surface area contributed by atoms with Gasteiger partial charge in [0.2, 0.25) is 5.85 Å². The van der Waals surface area contributed by atoms with Gasteiger partial charge < -0.3 is 20.5 Å². The number of hydrogen-bond acceptors (Lipinski definition) is 7. The van der Waals surface area contributed by atoms with Crippen LogP contribution >= 0.6 is 0 Å². The van der Waals surface area contributed by atoms with E-state index in [0.29, 0.717) is 19.6 Å². The number of rotatable bonds is 3. The molecule has 4 N–H and O–H groups in total. The van der Waals surface area contributed by atoms with Crippen LogP contribution in [0.25, 0.3) is 0 Å². The van der Waals surface area contributed by atoms with Crippen LogP contribution < -0.4 is 16.0 Å². The highest BCUT2D eigenvalue weighted by Crippen LogP contribution is 2.37. The Morgan fingerprint density at radius 3 is 1.95 bits per heavy atom. The molecule has 3 fully saturated rings. The zero-order valence-electron chi connectivity index (χ0n) is 13.0. The van der Waals surface area contributed by atoms with Crippen molar-refractivity contribution in [3.05, 3.63) is 0 Å². The summed E-state index contributed by atoms with van der Waals surface area (Å²) in [5.41, 5.74) is -1.03. The maximum atomic E-state index is 11.3. The van der Waals surface area contributed by atoms with Gasteiger partial charge >= 0.3 is 0 Å². The van der Waals surface area contributed by atoms with Crippen LogP contribution in [0.3, 0.4) is 0 Å². The van der Waals surface area contributed by atoms with Gasteiger partial charge in [0.05, 0.1) is 6.61 Å². The Labute approximate surface area is 127 Å². The number of piperazine rings is 2. The summed E-state index contributed by atoms with van der Waals surface area (Å²) >= 11 is 0. The molecule has 1 atom stereocenters. The smallest absolute Gasteiger partial charge is 0.224 e. The number of aliphatic hydroxyl groups is 1. The van der Waals surface area contributed by atoms with Crippen molar-refractivity contribution in [3.63, 3.8) is 0 Å². The minimum Gasteiger partial charge on any atom is -0.370 e. The molecule has 3 rings (SSSR count). The molecule has 3 heterocycles. The van der Waals surface area contributed by atoms with Gasteiger partial charge in [0.15, 0.2) is 5.72 Å². The van der Waals surface area contributed by atoms with Crippen LogP contribution in [0.15, 0.2) is 0 Å². The number of hydrogen-bond donors (Lipinski definition) is 4. The number of ether oxygens (including phenoxy) is 1. The molecule has 21 heavy (non-hydrogen) atoms. The summed E-state index contributed by atoms with van der Waals surface area (Å²) in [4.78, 5) is 4.65. The number of morpholine rings is 1. The average molecular weight is 299 g/mol. The van der Waals surface area contributed by atoms with Gasteiger partial charge in [0.25, 0.3) is 0 Å². The molecule has 0 radical (unpaired) electrons. The van der Waals surface area contributed by atoms with Crippen molar-refractivity contribution in [2.45, 2.75) is 24.9 Å². The van der Waals surface area contributed by atoms with E-state index in [0.717, 1.165) is 52.4 Å². The summed E-state index contributed by atoms with van der Waals surface area (Å²) in [5, 5.41) is 21.5. The van der Waals surface area contributed by atoms with Crippen LogP contribution in [-0.4, -0.2) is 92.0 Å². The monoisotopic (exact) mass is 299 g/mol. The van der Waals surface area contributed by atoms with Gasteiger partial charge in [-0.2, -0.15) is 0 Å². The lowest BCUT2D eigenvalue weighted by Crippen LogP contribution is -2.83. The quantitative estimate of drug-likeness (QED) is 0.489. The first-order chi connectivity index (χ1) is 10.2. The Hall–Kier alpha value is -0.280.